The van der Waals surface area contributed by atoms with Crippen LogP contribution < -0.4 is 13.8 Å². The minimum Gasteiger partial charge on any atom is -0.508 e. The van der Waals surface area contributed by atoms with Crippen LogP contribution in [0.15, 0.2) is 47.4 Å². The van der Waals surface area contributed by atoms with Crippen LogP contribution in [0.3, 0.4) is 0 Å². The first kappa shape index (κ1) is 21.2. The second-order valence-electron chi connectivity index (χ2n) is 6.55. The summed E-state index contributed by atoms with van der Waals surface area (Å²) in [5, 5.41) is 20.2. The number of aliphatic hydroxyl groups excluding tert-OH is 1. The Morgan fingerprint density at radius 1 is 1.07 bits per heavy atom. The van der Waals surface area contributed by atoms with Gasteiger partial charge in [0.2, 0.25) is 0 Å². The third-order valence-corrected chi connectivity index (χ3v) is 8.18. The Hall–Kier alpha value is -2.50. The van der Waals surface area contributed by atoms with Crippen LogP contribution in [0.25, 0.3) is 0 Å². The second-order valence-corrected chi connectivity index (χ2v) is 10.5. The number of phenols is 1. The van der Waals surface area contributed by atoms with Crippen molar-refractivity contribution in [2.24, 2.45) is 0 Å². The number of nitrogens with zero attached hydrogens (tertiary/aromatic N) is 1. The Kier molecular flexibility index (Phi) is 5.65. The van der Waals surface area contributed by atoms with Crippen LogP contribution in [-0.2, 0) is 19.9 Å². The van der Waals surface area contributed by atoms with Crippen molar-refractivity contribution in [2.75, 3.05) is 30.0 Å². The van der Waals surface area contributed by atoms with Gasteiger partial charge in [0.25, 0.3) is 10.0 Å². The molecule has 2 atom stereocenters. The number of benzene rings is 2. The summed E-state index contributed by atoms with van der Waals surface area (Å²) in [6, 6.07) is 8.19. The van der Waals surface area contributed by atoms with E-state index in [2.05, 4.69) is 0 Å². The van der Waals surface area contributed by atoms with Gasteiger partial charge in [-0.1, -0.05) is 6.07 Å². The Bertz CT molecular complexity index is 1110. The van der Waals surface area contributed by atoms with Gasteiger partial charge in [-0.2, -0.15) is 0 Å². The predicted octanol–water partition coefficient (Wildman–Crippen LogP) is 0.763. The van der Waals surface area contributed by atoms with Crippen LogP contribution in [0.5, 0.6) is 17.2 Å². The third kappa shape index (κ3) is 4.11. The number of sulfonamides is 1. The molecule has 1 saturated heterocycles. The van der Waals surface area contributed by atoms with E-state index in [1.807, 2.05) is 0 Å². The van der Waals surface area contributed by atoms with E-state index >= 15 is 0 Å². The van der Waals surface area contributed by atoms with Crippen molar-refractivity contribution in [1.29, 1.82) is 0 Å². The molecule has 1 heterocycles. The maximum Gasteiger partial charge on any atom is 0.268 e. The summed E-state index contributed by atoms with van der Waals surface area (Å²) in [6.07, 6.45) is -1.43. The van der Waals surface area contributed by atoms with Crippen molar-refractivity contribution in [3.05, 3.63) is 42.5 Å². The molecule has 2 aromatic carbocycles. The second kappa shape index (κ2) is 7.73. The highest BCUT2D eigenvalue weighted by Gasteiger charge is 2.45. The van der Waals surface area contributed by atoms with E-state index in [0.29, 0.717) is 5.75 Å². The monoisotopic (exact) mass is 443 g/mol. The Labute approximate surface area is 169 Å². The van der Waals surface area contributed by atoms with Gasteiger partial charge in [-0.15, -0.1) is 0 Å². The van der Waals surface area contributed by atoms with E-state index in [4.69, 9.17) is 9.47 Å². The minimum absolute atomic E-state index is 0.00940. The molecule has 3 rings (SSSR count). The molecule has 11 heteroatoms. The van der Waals surface area contributed by atoms with E-state index in [9.17, 15) is 27.0 Å². The van der Waals surface area contributed by atoms with Crippen LogP contribution >= 0.6 is 0 Å². The molecule has 29 heavy (non-hydrogen) atoms. The molecular weight excluding hydrogens is 422 g/mol. The van der Waals surface area contributed by atoms with Gasteiger partial charge in [-0.05, 0) is 24.3 Å². The van der Waals surface area contributed by atoms with Gasteiger partial charge in [0.15, 0.2) is 9.84 Å². The first-order chi connectivity index (χ1) is 13.6. The number of ether oxygens (including phenoxy) is 2. The molecule has 2 N–H and O–H groups in total. The quantitative estimate of drug-likeness (QED) is 0.669. The lowest BCUT2D eigenvalue weighted by Gasteiger charge is -2.32. The van der Waals surface area contributed by atoms with E-state index in [1.165, 1.54) is 56.7 Å². The van der Waals surface area contributed by atoms with Crippen molar-refractivity contribution in [3.63, 3.8) is 0 Å². The van der Waals surface area contributed by atoms with Crippen LogP contribution in [0, 0.1) is 0 Å². The number of aromatic hydroxyl groups is 1. The number of sulfone groups is 1. The van der Waals surface area contributed by atoms with Gasteiger partial charge in [0.1, 0.15) is 22.1 Å². The largest absolute Gasteiger partial charge is 0.508 e. The van der Waals surface area contributed by atoms with Crippen LogP contribution in [0.2, 0.25) is 0 Å². The summed E-state index contributed by atoms with van der Waals surface area (Å²) in [5.74, 6) is -0.957. The molecule has 0 saturated carbocycles. The molecule has 0 amide bonds. The first-order valence-corrected chi connectivity index (χ1v) is 11.8. The van der Waals surface area contributed by atoms with E-state index in [0.717, 1.165) is 4.31 Å². The Balaban J connectivity index is 2.21. The smallest absolute Gasteiger partial charge is 0.268 e. The molecule has 0 bridgehead atoms. The lowest BCUT2D eigenvalue weighted by atomic mass is 10.2. The van der Waals surface area contributed by atoms with Crippen molar-refractivity contribution in [3.8, 4) is 17.2 Å². The zero-order valence-electron chi connectivity index (χ0n) is 15.7. The molecule has 0 unspecified atom stereocenters. The molecule has 0 spiro atoms. The summed E-state index contributed by atoms with van der Waals surface area (Å²) < 4.78 is 62.4. The number of hydrogen-bond donors (Lipinski definition) is 2. The fraction of sp³-hybridized carbons (Fsp3) is 0.333. The fourth-order valence-electron chi connectivity index (χ4n) is 3.27. The number of anilines is 1. The third-order valence-electron chi connectivity index (χ3n) is 4.59. The van der Waals surface area contributed by atoms with Crippen molar-refractivity contribution in [2.45, 2.75) is 17.0 Å². The summed E-state index contributed by atoms with van der Waals surface area (Å²) in [5.41, 5.74) is 0.0176. The molecule has 0 aliphatic carbocycles. The van der Waals surface area contributed by atoms with Gasteiger partial charge < -0.3 is 19.7 Å². The summed E-state index contributed by atoms with van der Waals surface area (Å²) >= 11 is 0. The molecule has 0 aromatic heterocycles. The first-order valence-electron chi connectivity index (χ1n) is 8.53. The zero-order valence-corrected chi connectivity index (χ0v) is 17.4. The highest BCUT2D eigenvalue weighted by molar-refractivity contribution is 7.93. The molecule has 2 aromatic rings. The molecule has 1 aliphatic rings. The maximum absolute atomic E-state index is 13.6. The van der Waals surface area contributed by atoms with Gasteiger partial charge in [-0.3, -0.25) is 4.31 Å². The molecule has 0 radical (unpaired) electrons. The number of aliphatic hydroxyl groups is 1. The highest BCUT2D eigenvalue weighted by atomic mass is 32.2. The van der Waals surface area contributed by atoms with Gasteiger partial charge in [-0.25, -0.2) is 16.8 Å². The lowest BCUT2D eigenvalue weighted by molar-refractivity contribution is 0.184. The average Bonchev–Trinajstić information content (AvgIpc) is 2.93. The molecular formula is C18H21NO8S2. The summed E-state index contributed by atoms with van der Waals surface area (Å²) in [7, 11) is -5.32. The van der Waals surface area contributed by atoms with Crippen molar-refractivity contribution >= 4 is 25.5 Å². The van der Waals surface area contributed by atoms with Crippen LogP contribution in [-0.4, -0.2) is 64.9 Å². The number of hydrogen-bond acceptors (Lipinski definition) is 8. The highest BCUT2D eigenvalue weighted by Crippen LogP contribution is 2.37. The minimum atomic E-state index is -4.39. The predicted molar refractivity (Wildman–Crippen MR) is 106 cm³/mol. The average molecular weight is 443 g/mol. The molecule has 1 aliphatic heterocycles. The van der Waals surface area contributed by atoms with Crippen LogP contribution in [0.4, 0.5) is 5.69 Å². The topological polar surface area (TPSA) is 130 Å². The number of phenolic OH excluding ortho intramolecular Hbond substituents is 1. The summed E-state index contributed by atoms with van der Waals surface area (Å²) in [6.45, 7) is 0. The number of methoxy groups -OCH3 is 2. The Morgan fingerprint density at radius 2 is 1.79 bits per heavy atom. The van der Waals surface area contributed by atoms with Gasteiger partial charge in [0, 0.05) is 12.1 Å². The lowest BCUT2D eigenvalue weighted by Crippen LogP contribution is -2.47. The van der Waals surface area contributed by atoms with E-state index in [-0.39, 0.29) is 22.1 Å². The number of rotatable bonds is 6. The van der Waals surface area contributed by atoms with E-state index in [1.54, 1.807) is 0 Å². The fourth-order valence-corrected chi connectivity index (χ4v) is 6.94. The maximum atomic E-state index is 13.6. The molecule has 158 valence electrons. The standard InChI is InChI=1S/C18H21NO8S2/c1-26-14-6-7-18(17(9-14)27-2)29(24,25)19(12-4-3-5-13(20)8-12)15-10-28(22,23)11-16(15)21/h3-9,15-16,20-21H,10-11H2,1-2H3/t15-,16-/m0/s1. The van der Waals surface area contributed by atoms with Gasteiger partial charge >= 0.3 is 0 Å². The van der Waals surface area contributed by atoms with E-state index < -0.39 is 43.5 Å². The normalized spacial score (nSPS) is 20.9. The van der Waals surface area contributed by atoms with Gasteiger partial charge in [0.05, 0.1) is 43.6 Å². The van der Waals surface area contributed by atoms with Crippen molar-refractivity contribution < 1.29 is 36.5 Å². The molecule has 9 nitrogen and oxygen atoms in total. The molecule has 1 fully saturated rings. The summed E-state index contributed by atoms with van der Waals surface area (Å²) in [4.78, 5) is -0.236. The zero-order chi connectivity index (χ0) is 21.4. The van der Waals surface area contributed by atoms with Crippen molar-refractivity contribution in [1.82, 2.24) is 0 Å². The SMILES string of the molecule is COc1ccc(S(=O)(=O)N(c2cccc(O)c2)[C@H]2CS(=O)(=O)C[C@@H]2O)c(OC)c1. The Morgan fingerprint density at radius 3 is 2.34 bits per heavy atom. The van der Waals surface area contributed by atoms with Crippen LogP contribution in [0.1, 0.15) is 0 Å².